The molecule has 0 unspecified atom stereocenters. The average molecular weight is 321 g/mol. The molecule has 0 aliphatic carbocycles. The number of aromatic nitrogens is 4. The van der Waals surface area contributed by atoms with Gasteiger partial charge in [0.1, 0.15) is 11.5 Å². The van der Waals surface area contributed by atoms with Gasteiger partial charge in [0.2, 0.25) is 0 Å². The summed E-state index contributed by atoms with van der Waals surface area (Å²) in [5.74, 6) is 0.996. The fourth-order valence-corrected chi connectivity index (χ4v) is 3.24. The van der Waals surface area contributed by atoms with Gasteiger partial charge in [0, 0.05) is 43.8 Å². The predicted molar refractivity (Wildman–Crippen MR) is 90.5 cm³/mol. The zero-order valence-corrected chi connectivity index (χ0v) is 13.8. The molecular formula is C18H19N5O. The number of carbonyl (C=O) groups is 1. The topological polar surface area (TPSA) is 56.0 Å². The van der Waals surface area contributed by atoms with Crippen molar-refractivity contribution in [3.8, 4) is 11.4 Å². The summed E-state index contributed by atoms with van der Waals surface area (Å²) >= 11 is 0. The van der Waals surface area contributed by atoms with Crippen molar-refractivity contribution in [1.29, 1.82) is 0 Å². The van der Waals surface area contributed by atoms with E-state index in [4.69, 9.17) is 0 Å². The first-order valence-electron chi connectivity index (χ1n) is 8.01. The number of imidazole rings is 1. The second kappa shape index (κ2) is 5.63. The number of hydrogen-bond donors (Lipinski definition) is 0. The molecule has 6 nitrogen and oxygen atoms in total. The van der Waals surface area contributed by atoms with Gasteiger partial charge in [0.25, 0.3) is 5.91 Å². The molecule has 1 fully saturated rings. The molecular weight excluding hydrogens is 302 g/mol. The highest BCUT2D eigenvalue weighted by Crippen LogP contribution is 2.30. The van der Waals surface area contributed by atoms with Crippen LogP contribution < -0.4 is 0 Å². The Morgan fingerprint density at radius 1 is 1.17 bits per heavy atom. The van der Waals surface area contributed by atoms with Crippen molar-refractivity contribution in [3.05, 3.63) is 60.2 Å². The van der Waals surface area contributed by atoms with Gasteiger partial charge >= 0.3 is 0 Å². The van der Waals surface area contributed by atoms with Crippen molar-refractivity contribution in [3.63, 3.8) is 0 Å². The number of amides is 1. The van der Waals surface area contributed by atoms with E-state index in [0.29, 0.717) is 18.8 Å². The van der Waals surface area contributed by atoms with Gasteiger partial charge in [-0.25, -0.2) is 4.98 Å². The standard InChI is InChI=1S/C18H19N5O/c1-13-10-19-17(14-6-4-3-5-7-14)23(13)15-11-22(12-15)18(24)16-8-9-20-21(16)2/h3-10,15H,11-12H2,1-2H3. The summed E-state index contributed by atoms with van der Waals surface area (Å²) < 4.78 is 3.86. The third-order valence-corrected chi connectivity index (χ3v) is 4.57. The first-order chi connectivity index (χ1) is 11.6. The Bertz CT molecular complexity index is 874. The lowest BCUT2D eigenvalue weighted by molar-refractivity contribution is 0.0509. The molecule has 122 valence electrons. The molecule has 24 heavy (non-hydrogen) atoms. The van der Waals surface area contributed by atoms with E-state index < -0.39 is 0 Å². The molecule has 0 bridgehead atoms. The number of hydrogen-bond acceptors (Lipinski definition) is 3. The van der Waals surface area contributed by atoms with Crippen LogP contribution in [0.1, 0.15) is 22.2 Å². The summed E-state index contributed by atoms with van der Waals surface area (Å²) in [7, 11) is 1.79. The largest absolute Gasteiger partial charge is 0.333 e. The maximum Gasteiger partial charge on any atom is 0.272 e. The summed E-state index contributed by atoms with van der Waals surface area (Å²) in [5, 5.41) is 4.07. The minimum Gasteiger partial charge on any atom is -0.333 e. The molecule has 0 saturated carbocycles. The van der Waals surface area contributed by atoms with Crippen LogP contribution in [0.3, 0.4) is 0 Å². The van der Waals surface area contributed by atoms with E-state index in [1.165, 1.54) is 0 Å². The van der Waals surface area contributed by atoms with Crippen molar-refractivity contribution in [2.75, 3.05) is 13.1 Å². The summed E-state index contributed by atoms with van der Waals surface area (Å²) in [6.07, 6.45) is 3.55. The molecule has 1 amide bonds. The highest BCUT2D eigenvalue weighted by molar-refractivity contribution is 5.93. The zero-order chi connectivity index (χ0) is 16.7. The fraction of sp³-hybridized carbons (Fsp3) is 0.278. The number of aryl methyl sites for hydroxylation is 2. The Balaban J connectivity index is 1.55. The Labute approximate surface area is 140 Å². The normalized spacial score (nSPS) is 14.7. The first-order valence-corrected chi connectivity index (χ1v) is 8.01. The molecule has 1 saturated heterocycles. The van der Waals surface area contributed by atoms with E-state index in [-0.39, 0.29) is 11.9 Å². The third kappa shape index (κ3) is 2.31. The minimum atomic E-state index is 0.0327. The molecule has 0 N–H and O–H groups in total. The number of likely N-dealkylation sites (tertiary alicyclic amines) is 1. The van der Waals surface area contributed by atoms with E-state index >= 15 is 0 Å². The molecule has 1 aliphatic rings. The summed E-state index contributed by atoms with van der Waals surface area (Å²) in [4.78, 5) is 18.9. The number of nitrogens with zero attached hydrogens (tertiary/aromatic N) is 5. The smallest absolute Gasteiger partial charge is 0.272 e. The molecule has 0 spiro atoms. The lowest BCUT2D eigenvalue weighted by atomic mass is 10.1. The zero-order valence-electron chi connectivity index (χ0n) is 13.8. The lowest BCUT2D eigenvalue weighted by Gasteiger charge is -2.41. The number of benzene rings is 1. The van der Waals surface area contributed by atoms with Crippen LogP contribution in [0.2, 0.25) is 0 Å². The second-order valence-corrected chi connectivity index (χ2v) is 6.16. The summed E-state index contributed by atoms with van der Waals surface area (Å²) in [5.41, 5.74) is 2.84. The SMILES string of the molecule is Cc1cnc(-c2ccccc2)n1C1CN(C(=O)c2ccnn2C)C1. The first kappa shape index (κ1) is 14.7. The van der Waals surface area contributed by atoms with E-state index in [9.17, 15) is 4.79 Å². The number of rotatable bonds is 3. The second-order valence-electron chi connectivity index (χ2n) is 6.16. The van der Waals surface area contributed by atoms with Gasteiger partial charge in [0.05, 0.1) is 6.04 Å². The van der Waals surface area contributed by atoms with E-state index in [2.05, 4.69) is 33.7 Å². The Hall–Kier alpha value is -2.89. The molecule has 4 rings (SSSR count). The van der Waals surface area contributed by atoms with Gasteiger partial charge in [-0.3, -0.25) is 9.48 Å². The molecule has 2 aromatic heterocycles. The minimum absolute atomic E-state index is 0.0327. The van der Waals surface area contributed by atoms with Gasteiger partial charge in [0.15, 0.2) is 0 Å². The monoisotopic (exact) mass is 321 g/mol. The Morgan fingerprint density at radius 3 is 2.58 bits per heavy atom. The fourth-order valence-electron chi connectivity index (χ4n) is 3.24. The van der Waals surface area contributed by atoms with Crippen LogP contribution in [0, 0.1) is 6.92 Å². The van der Waals surface area contributed by atoms with Crippen molar-refractivity contribution in [2.45, 2.75) is 13.0 Å². The van der Waals surface area contributed by atoms with Crippen molar-refractivity contribution >= 4 is 5.91 Å². The molecule has 0 atom stereocenters. The van der Waals surface area contributed by atoms with E-state index in [1.54, 1.807) is 24.0 Å². The Kier molecular flexibility index (Phi) is 3.45. The van der Waals surface area contributed by atoms with Crippen LogP contribution >= 0.6 is 0 Å². The third-order valence-electron chi connectivity index (χ3n) is 4.57. The van der Waals surface area contributed by atoms with Crippen molar-refractivity contribution in [1.82, 2.24) is 24.2 Å². The van der Waals surface area contributed by atoms with Gasteiger partial charge in [-0.15, -0.1) is 0 Å². The van der Waals surface area contributed by atoms with E-state index in [0.717, 1.165) is 17.1 Å². The number of carbonyl (C=O) groups excluding carboxylic acids is 1. The maximum absolute atomic E-state index is 12.5. The molecule has 3 aromatic rings. The van der Waals surface area contributed by atoms with Crippen molar-refractivity contribution in [2.24, 2.45) is 7.05 Å². The van der Waals surface area contributed by atoms with Crippen LogP contribution in [0.5, 0.6) is 0 Å². The lowest BCUT2D eigenvalue weighted by Crippen LogP contribution is -2.51. The summed E-state index contributed by atoms with van der Waals surface area (Å²) in [6, 6.07) is 12.2. The molecule has 6 heteroatoms. The highest BCUT2D eigenvalue weighted by Gasteiger charge is 2.35. The van der Waals surface area contributed by atoms with Crippen LogP contribution in [0.25, 0.3) is 11.4 Å². The predicted octanol–water partition coefficient (Wildman–Crippen LogP) is 2.29. The quantitative estimate of drug-likeness (QED) is 0.744. The maximum atomic E-state index is 12.5. The van der Waals surface area contributed by atoms with Crippen LogP contribution in [0.4, 0.5) is 0 Å². The van der Waals surface area contributed by atoms with Crippen LogP contribution in [-0.4, -0.2) is 43.2 Å². The average Bonchev–Trinajstić information content (AvgIpc) is 3.13. The molecule has 1 aromatic carbocycles. The van der Waals surface area contributed by atoms with Crippen molar-refractivity contribution < 1.29 is 4.79 Å². The molecule has 0 radical (unpaired) electrons. The molecule has 1 aliphatic heterocycles. The highest BCUT2D eigenvalue weighted by atomic mass is 16.2. The van der Waals surface area contributed by atoms with E-state index in [1.807, 2.05) is 29.3 Å². The summed E-state index contributed by atoms with van der Waals surface area (Å²) in [6.45, 7) is 3.45. The Morgan fingerprint density at radius 2 is 1.92 bits per heavy atom. The van der Waals surface area contributed by atoms with Crippen LogP contribution in [0.15, 0.2) is 48.8 Å². The van der Waals surface area contributed by atoms with Crippen LogP contribution in [-0.2, 0) is 7.05 Å². The van der Waals surface area contributed by atoms with Gasteiger partial charge in [-0.2, -0.15) is 5.10 Å². The van der Waals surface area contributed by atoms with Gasteiger partial charge in [-0.1, -0.05) is 30.3 Å². The van der Waals surface area contributed by atoms with Gasteiger partial charge in [-0.05, 0) is 13.0 Å². The van der Waals surface area contributed by atoms with Gasteiger partial charge < -0.3 is 9.47 Å². The molecule has 3 heterocycles.